The van der Waals surface area contributed by atoms with Crippen molar-refractivity contribution >= 4 is 5.97 Å². The summed E-state index contributed by atoms with van der Waals surface area (Å²) in [4.78, 5) is 16.1. The van der Waals surface area contributed by atoms with E-state index in [9.17, 15) is 4.79 Å². The van der Waals surface area contributed by atoms with Gasteiger partial charge in [0.15, 0.2) is 0 Å². The standard InChI is InChI=1S/C12H25N3O2/c1-12(2,3)17-11(16)10-15-8-6-14(5-4-13)7-9-15/h4-10,13H2,1-3H3. The number of hydrogen-bond donors (Lipinski definition) is 1. The number of esters is 1. The van der Waals surface area contributed by atoms with Crippen LogP contribution in [0.3, 0.4) is 0 Å². The van der Waals surface area contributed by atoms with Gasteiger partial charge < -0.3 is 10.5 Å². The number of piperazine rings is 1. The molecule has 100 valence electrons. The van der Waals surface area contributed by atoms with Gasteiger partial charge in [0, 0.05) is 39.3 Å². The zero-order chi connectivity index (χ0) is 12.9. The summed E-state index contributed by atoms with van der Waals surface area (Å²) in [7, 11) is 0. The average molecular weight is 243 g/mol. The number of ether oxygens (including phenoxy) is 1. The minimum Gasteiger partial charge on any atom is -0.459 e. The molecule has 0 amide bonds. The van der Waals surface area contributed by atoms with Crippen molar-refractivity contribution in [2.24, 2.45) is 5.73 Å². The first-order valence-electron chi connectivity index (χ1n) is 6.27. The third-order valence-electron chi connectivity index (χ3n) is 2.68. The zero-order valence-corrected chi connectivity index (χ0v) is 11.2. The fraction of sp³-hybridized carbons (Fsp3) is 0.917. The summed E-state index contributed by atoms with van der Waals surface area (Å²) in [5.41, 5.74) is 5.12. The van der Waals surface area contributed by atoms with Gasteiger partial charge in [-0.3, -0.25) is 14.6 Å². The van der Waals surface area contributed by atoms with Crippen molar-refractivity contribution in [1.29, 1.82) is 0 Å². The maximum absolute atomic E-state index is 11.6. The predicted octanol–water partition coefficient (Wildman–Crippen LogP) is -0.0956. The number of carbonyl (C=O) groups is 1. The molecule has 2 N–H and O–H groups in total. The van der Waals surface area contributed by atoms with Crippen LogP contribution in [0, 0.1) is 0 Å². The predicted molar refractivity (Wildman–Crippen MR) is 67.8 cm³/mol. The van der Waals surface area contributed by atoms with Crippen molar-refractivity contribution in [3.8, 4) is 0 Å². The van der Waals surface area contributed by atoms with E-state index in [2.05, 4.69) is 9.80 Å². The first-order valence-corrected chi connectivity index (χ1v) is 6.27. The van der Waals surface area contributed by atoms with E-state index in [0.29, 0.717) is 13.1 Å². The van der Waals surface area contributed by atoms with Crippen molar-refractivity contribution in [3.05, 3.63) is 0 Å². The highest BCUT2D eigenvalue weighted by molar-refractivity contribution is 5.72. The van der Waals surface area contributed by atoms with E-state index in [-0.39, 0.29) is 5.97 Å². The lowest BCUT2D eigenvalue weighted by molar-refractivity contribution is -0.156. The maximum Gasteiger partial charge on any atom is 0.320 e. The fourth-order valence-electron chi connectivity index (χ4n) is 1.91. The summed E-state index contributed by atoms with van der Waals surface area (Å²) >= 11 is 0. The summed E-state index contributed by atoms with van der Waals surface area (Å²) in [5, 5.41) is 0. The fourth-order valence-corrected chi connectivity index (χ4v) is 1.91. The number of nitrogens with two attached hydrogens (primary N) is 1. The van der Waals surface area contributed by atoms with E-state index in [1.165, 1.54) is 0 Å². The number of carbonyl (C=O) groups excluding carboxylic acids is 1. The van der Waals surface area contributed by atoms with Crippen LogP contribution in [0.1, 0.15) is 20.8 Å². The number of nitrogens with zero attached hydrogens (tertiary/aromatic N) is 2. The molecule has 0 bridgehead atoms. The lowest BCUT2D eigenvalue weighted by Crippen LogP contribution is -2.49. The smallest absolute Gasteiger partial charge is 0.320 e. The highest BCUT2D eigenvalue weighted by Gasteiger charge is 2.21. The summed E-state index contributed by atoms with van der Waals surface area (Å²) < 4.78 is 5.30. The topological polar surface area (TPSA) is 58.8 Å². The molecule has 0 spiro atoms. The normalized spacial score (nSPS) is 19.3. The van der Waals surface area contributed by atoms with Crippen molar-refractivity contribution in [3.63, 3.8) is 0 Å². The Morgan fingerprint density at radius 2 is 1.71 bits per heavy atom. The van der Waals surface area contributed by atoms with Crippen LogP contribution >= 0.6 is 0 Å². The van der Waals surface area contributed by atoms with Crippen LogP contribution in [0.5, 0.6) is 0 Å². The largest absolute Gasteiger partial charge is 0.459 e. The second-order valence-electron chi connectivity index (χ2n) is 5.49. The molecule has 1 aliphatic heterocycles. The molecule has 0 saturated carbocycles. The maximum atomic E-state index is 11.6. The van der Waals surface area contributed by atoms with Crippen LogP contribution in [-0.2, 0) is 9.53 Å². The van der Waals surface area contributed by atoms with E-state index < -0.39 is 5.60 Å². The third-order valence-corrected chi connectivity index (χ3v) is 2.68. The van der Waals surface area contributed by atoms with Crippen LogP contribution < -0.4 is 5.73 Å². The highest BCUT2D eigenvalue weighted by Crippen LogP contribution is 2.08. The molecule has 17 heavy (non-hydrogen) atoms. The summed E-state index contributed by atoms with van der Waals surface area (Å²) in [5.74, 6) is -0.134. The van der Waals surface area contributed by atoms with Gasteiger partial charge in [0.2, 0.25) is 0 Å². The van der Waals surface area contributed by atoms with E-state index in [0.717, 1.165) is 32.7 Å². The van der Waals surface area contributed by atoms with E-state index in [4.69, 9.17) is 10.5 Å². The van der Waals surface area contributed by atoms with E-state index in [1.54, 1.807) is 0 Å². The Balaban J connectivity index is 2.24. The van der Waals surface area contributed by atoms with Gasteiger partial charge in [-0.15, -0.1) is 0 Å². The van der Waals surface area contributed by atoms with Crippen molar-refractivity contribution in [2.75, 3.05) is 45.8 Å². The molecule has 0 unspecified atom stereocenters. The summed E-state index contributed by atoms with van der Waals surface area (Å²) in [6.45, 7) is 11.5. The molecule has 1 aliphatic rings. The molecule has 0 atom stereocenters. The average Bonchev–Trinajstić information content (AvgIpc) is 2.18. The van der Waals surface area contributed by atoms with Crippen molar-refractivity contribution in [2.45, 2.75) is 26.4 Å². The summed E-state index contributed by atoms with van der Waals surface area (Å²) in [6, 6.07) is 0. The van der Waals surface area contributed by atoms with Gasteiger partial charge in [0.1, 0.15) is 5.60 Å². The van der Waals surface area contributed by atoms with Crippen LogP contribution in [-0.4, -0.2) is 67.2 Å². The van der Waals surface area contributed by atoms with E-state index in [1.807, 2.05) is 20.8 Å². The Morgan fingerprint density at radius 1 is 1.18 bits per heavy atom. The third kappa shape index (κ3) is 6.00. The van der Waals surface area contributed by atoms with Gasteiger partial charge in [-0.05, 0) is 20.8 Å². The Bertz CT molecular complexity index is 243. The lowest BCUT2D eigenvalue weighted by atomic mass is 10.2. The van der Waals surface area contributed by atoms with Crippen LogP contribution in [0.4, 0.5) is 0 Å². The Morgan fingerprint density at radius 3 is 2.18 bits per heavy atom. The lowest BCUT2D eigenvalue weighted by Gasteiger charge is -2.34. The highest BCUT2D eigenvalue weighted by atomic mass is 16.6. The first-order chi connectivity index (χ1) is 7.90. The monoisotopic (exact) mass is 243 g/mol. The van der Waals surface area contributed by atoms with Crippen molar-refractivity contribution < 1.29 is 9.53 Å². The molecular formula is C12H25N3O2. The molecule has 0 aromatic heterocycles. The van der Waals surface area contributed by atoms with Crippen molar-refractivity contribution in [1.82, 2.24) is 9.80 Å². The molecule has 0 radical (unpaired) electrons. The Hall–Kier alpha value is -0.650. The second kappa shape index (κ2) is 6.33. The van der Waals surface area contributed by atoms with E-state index >= 15 is 0 Å². The van der Waals surface area contributed by atoms with Gasteiger partial charge in [0.25, 0.3) is 0 Å². The van der Waals surface area contributed by atoms with Gasteiger partial charge in [-0.2, -0.15) is 0 Å². The van der Waals surface area contributed by atoms with Crippen LogP contribution in [0.2, 0.25) is 0 Å². The molecule has 1 fully saturated rings. The SMILES string of the molecule is CC(C)(C)OC(=O)CN1CCN(CCN)CC1. The van der Waals surface area contributed by atoms with Gasteiger partial charge in [-0.25, -0.2) is 0 Å². The number of hydrogen-bond acceptors (Lipinski definition) is 5. The van der Waals surface area contributed by atoms with Gasteiger partial charge >= 0.3 is 5.97 Å². The molecular weight excluding hydrogens is 218 g/mol. The second-order valence-corrected chi connectivity index (χ2v) is 5.49. The quantitative estimate of drug-likeness (QED) is 0.699. The Kier molecular flexibility index (Phi) is 5.36. The first kappa shape index (κ1) is 14.4. The molecule has 1 rings (SSSR count). The van der Waals surface area contributed by atoms with Crippen LogP contribution in [0.15, 0.2) is 0 Å². The zero-order valence-electron chi connectivity index (χ0n) is 11.2. The van der Waals surface area contributed by atoms with Crippen LogP contribution in [0.25, 0.3) is 0 Å². The Labute approximate surface area is 104 Å². The molecule has 1 saturated heterocycles. The molecule has 5 nitrogen and oxygen atoms in total. The molecule has 5 heteroatoms. The minimum absolute atomic E-state index is 0.134. The number of rotatable bonds is 4. The minimum atomic E-state index is -0.390. The molecule has 1 heterocycles. The molecule has 0 aromatic rings. The van der Waals surface area contributed by atoms with Gasteiger partial charge in [-0.1, -0.05) is 0 Å². The molecule has 0 aliphatic carbocycles. The van der Waals surface area contributed by atoms with Gasteiger partial charge in [0.05, 0.1) is 6.54 Å². The summed E-state index contributed by atoms with van der Waals surface area (Å²) in [6.07, 6.45) is 0. The molecule has 0 aromatic carbocycles.